The van der Waals surface area contributed by atoms with Crippen molar-refractivity contribution in [2.75, 3.05) is 19.5 Å². The zero-order valence-electron chi connectivity index (χ0n) is 22.2. The Morgan fingerprint density at radius 3 is 2.33 bits per heavy atom. The number of nitro benzene ring substituents is 1. The molecule has 3 aromatic rings. The van der Waals surface area contributed by atoms with Crippen LogP contribution in [0.25, 0.3) is 6.08 Å². The number of amides is 1. The number of nitro groups is 1. The Labute approximate surface area is 237 Å². The maximum absolute atomic E-state index is 13.1. The Bertz CT molecular complexity index is 1610. The van der Waals surface area contributed by atoms with Gasteiger partial charge in [0, 0.05) is 17.3 Å². The molecule has 0 unspecified atom stereocenters. The first-order valence-electron chi connectivity index (χ1n) is 11.9. The Balaban J connectivity index is 1.98. The van der Waals surface area contributed by atoms with E-state index in [2.05, 4.69) is 16.6 Å². The van der Waals surface area contributed by atoms with E-state index in [-0.39, 0.29) is 29.1 Å². The lowest BCUT2D eigenvalue weighted by molar-refractivity contribution is -0.385. The third-order valence-corrected chi connectivity index (χ3v) is 5.67. The van der Waals surface area contributed by atoms with Gasteiger partial charge in [0.15, 0.2) is 11.5 Å². The average molecular weight is 582 g/mol. The molecular formula is C29H22F3N3O7. The van der Waals surface area contributed by atoms with Crippen LogP contribution in [0.3, 0.4) is 0 Å². The molecule has 0 spiro atoms. The molecule has 1 amide bonds. The molecule has 0 saturated heterocycles. The highest BCUT2D eigenvalue weighted by molar-refractivity contribution is 6.09. The minimum atomic E-state index is -4.81. The molecule has 216 valence electrons. The molecule has 13 heteroatoms. The number of carbonyl (C=O) groups excluding carboxylic acids is 2. The summed E-state index contributed by atoms with van der Waals surface area (Å²) in [5.41, 5.74) is -1.21. The molecular weight excluding hydrogens is 559 g/mol. The van der Waals surface area contributed by atoms with Gasteiger partial charge in [-0.2, -0.15) is 18.4 Å². The summed E-state index contributed by atoms with van der Waals surface area (Å²) in [6, 6.07) is 12.3. The summed E-state index contributed by atoms with van der Waals surface area (Å²) in [6.45, 7) is 3.66. The first-order chi connectivity index (χ1) is 19.9. The number of anilines is 1. The van der Waals surface area contributed by atoms with Gasteiger partial charge >= 0.3 is 17.8 Å². The summed E-state index contributed by atoms with van der Waals surface area (Å²) < 4.78 is 55.1. The Hall–Kier alpha value is -5.64. The van der Waals surface area contributed by atoms with Gasteiger partial charge in [0.05, 0.1) is 30.3 Å². The second-order valence-electron chi connectivity index (χ2n) is 8.44. The fourth-order valence-electron chi connectivity index (χ4n) is 3.70. The summed E-state index contributed by atoms with van der Waals surface area (Å²) in [7, 11) is 2.50. The lowest BCUT2D eigenvalue weighted by Gasteiger charge is -2.16. The number of methoxy groups -OCH3 is 2. The number of esters is 1. The number of nitriles is 1. The van der Waals surface area contributed by atoms with Gasteiger partial charge in [-0.3, -0.25) is 14.9 Å². The van der Waals surface area contributed by atoms with Crippen LogP contribution in [0, 0.1) is 21.4 Å². The predicted octanol–water partition coefficient (Wildman–Crippen LogP) is 6.48. The average Bonchev–Trinajstić information content (AvgIpc) is 2.96. The lowest BCUT2D eigenvalue weighted by atomic mass is 10.0. The van der Waals surface area contributed by atoms with Crippen molar-refractivity contribution in [2.45, 2.75) is 12.6 Å². The van der Waals surface area contributed by atoms with Gasteiger partial charge in [0.2, 0.25) is 5.75 Å². The van der Waals surface area contributed by atoms with E-state index < -0.39 is 40.0 Å². The maximum Gasteiger partial charge on any atom is 0.416 e. The molecule has 0 aromatic heterocycles. The zero-order chi connectivity index (χ0) is 31.0. The standard InChI is InChI=1S/C29H22F3N3O7/c1-4-5-19-12-17(13-20(16-33)27(36)34-22-9-6-18(7-10-22)28(37)41-3)14-25(40-2)26(19)42-24-11-8-21(29(30,31)32)15-23(24)35(38)39/h4,6-15H,1,5H2,2-3H3,(H,34,36)/b20-13+. The molecule has 3 aromatic carbocycles. The van der Waals surface area contributed by atoms with Crippen molar-refractivity contribution in [2.24, 2.45) is 0 Å². The first-order valence-corrected chi connectivity index (χ1v) is 11.9. The highest BCUT2D eigenvalue weighted by atomic mass is 19.4. The Morgan fingerprint density at radius 2 is 1.79 bits per heavy atom. The minimum absolute atomic E-state index is 0.0193. The number of hydrogen-bond donors (Lipinski definition) is 1. The van der Waals surface area contributed by atoms with Crippen LogP contribution in [0.4, 0.5) is 24.5 Å². The van der Waals surface area contributed by atoms with Crippen LogP contribution in [0.5, 0.6) is 17.2 Å². The lowest BCUT2D eigenvalue weighted by Crippen LogP contribution is -2.13. The molecule has 0 bridgehead atoms. The Kier molecular flexibility index (Phi) is 9.67. The molecule has 1 N–H and O–H groups in total. The van der Waals surface area contributed by atoms with Gasteiger partial charge in [-0.05, 0) is 66.6 Å². The summed E-state index contributed by atoms with van der Waals surface area (Å²) in [5.74, 6) is -1.80. The largest absolute Gasteiger partial charge is 0.493 e. The van der Waals surface area contributed by atoms with Crippen LogP contribution < -0.4 is 14.8 Å². The van der Waals surface area contributed by atoms with Crippen molar-refractivity contribution in [3.05, 3.63) is 105 Å². The smallest absolute Gasteiger partial charge is 0.416 e. The molecule has 0 aliphatic carbocycles. The molecule has 0 fully saturated rings. The maximum atomic E-state index is 13.1. The number of hydrogen-bond acceptors (Lipinski definition) is 8. The number of benzene rings is 3. The molecule has 10 nitrogen and oxygen atoms in total. The van der Waals surface area contributed by atoms with Crippen LogP contribution in [-0.2, 0) is 22.1 Å². The van der Waals surface area contributed by atoms with Crippen molar-refractivity contribution in [3.8, 4) is 23.3 Å². The van der Waals surface area contributed by atoms with Crippen molar-refractivity contribution >= 4 is 29.3 Å². The zero-order valence-corrected chi connectivity index (χ0v) is 22.2. The fraction of sp³-hybridized carbons (Fsp3) is 0.138. The van der Waals surface area contributed by atoms with Gasteiger partial charge in [0.25, 0.3) is 5.91 Å². The molecule has 0 saturated carbocycles. The number of nitrogens with one attached hydrogen (secondary N) is 1. The third-order valence-electron chi connectivity index (χ3n) is 5.67. The third kappa shape index (κ3) is 7.30. The summed E-state index contributed by atoms with van der Waals surface area (Å²) in [5, 5.41) is 23.7. The number of alkyl halides is 3. The van der Waals surface area contributed by atoms with E-state index in [4.69, 9.17) is 9.47 Å². The quantitative estimate of drug-likeness (QED) is 0.0717. The number of ether oxygens (including phenoxy) is 3. The van der Waals surface area contributed by atoms with Crippen LogP contribution in [0.1, 0.15) is 27.0 Å². The summed E-state index contributed by atoms with van der Waals surface area (Å²) in [4.78, 5) is 34.9. The molecule has 0 radical (unpaired) electrons. The van der Waals surface area contributed by atoms with E-state index in [1.54, 1.807) is 6.07 Å². The van der Waals surface area contributed by atoms with Crippen molar-refractivity contribution < 1.29 is 41.9 Å². The van der Waals surface area contributed by atoms with E-state index in [9.17, 15) is 38.1 Å². The van der Waals surface area contributed by atoms with Gasteiger partial charge in [-0.1, -0.05) is 6.08 Å². The van der Waals surface area contributed by atoms with Gasteiger partial charge in [-0.15, -0.1) is 6.58 Å². The molecule has 42 heavy (non-hydrogen) atoms. The van der Waals surface area contributed by atoms with Crippen LogP contribution in [0.2, 0.25) is 0 Å². The van der Waals surface area contributed by atoms with Crippen LogP contribution in [-0.4, -0.2) is 31.0 Å². The molecule has 0 aliphatic rings. The highest BCUT2D eigenvalue weighted by Gasteiger charge is 2.33. The first kappa shape index (κ1) is 30.9. The number of rotatable bonds is 10. The molecule has 3 rings (SSSR count). The van der Waals surface area contributed by atoms with Gasteiger partial charge in [0.1, 0.15) is 11.6 Å². The van der Waals surface area contributed by atoms with Gasteiger partial charge < -0.3 is 19.5 Å². The van der Waals surface area contributed by atoms with Gasteiger partial charge in [-0.25, -0.2) is 4.79 Å². The van der Waals surface area contributed by atoms with E-state index >= 15 is 0 Å². The number of nitrogens with zero attached hydrogens (tertiary/aromatic N) is 2. The number of halogens is 3. The van der Waals surface area contributed by atoms with Crippen LogP contribution in [0.15, 0.2) is 72.8 Å². The number of allylic oxidation sites excluding steroid dienone is 1. The van der Waals surface area contributed by atoms with E-state index in [1.165, 1.54) is 62.8 Å². The van der Waals surface area contributed by atoms with Crippen molar-refractivity contribution in [3.63, 3.8) is 0 Å². The van der Waals surface area contributed by atoms with Crippen molar-refractivity contribution in [1.82, 2.24) is 0 Å². The topological polar surface area (TPSA) is 141 Å². The summed E-state index contributed by atoms with van der Waals surface area (Å²) in [6.07, 6.45) is -1.94. The fourth-order valence-corrected chi connectivity index (χ4v) is 3.70. The summed E-state index contributed by atoms with van der Waals surface area (Å²) >= 11 is 0. The second kappa shape index (κ2) is 13.1. The van der Waals surface area contributed by atoms with Crippen molar-refractivity contribution in [1.29, 1.82) is 5.26 Å². The monoisotopic (exact) mass is 581 g/mol. The highest BCUT2D eigenvalue weighted by Crippen LogP contribution is 2.42. The van der Waals surface area contributed by atoms with E-state index in [0.29, 0.717) is 28.9 Å². The number of carbonyl (C=O) groups is 2. The molecule has 0 atom stereocenters. The molecule has 0 heterocycles. The molecule has 0 aliphatic heterocycles. The SMILES string of the molecule is C=CCc1cc(/C=C(\C#N)C(=O)Nc2ccc(C(=O)OC)cc2)cc(OC)c1Oc1ccc(C(F)(F)F)cc1[N+](=O)[O-]. The Morgan fingerprint density at radius 1 is 1.10 bits per heavy atom. The predicted molar refractivity (Wildman–Crippen MR) is 145 cm³/mol. The van der Waals surface area contributed by atoms with E-state index in [1.807, 2.05) is 0 Å². The van der Waals surface area contributed by atoms with Crippen LogP contribution >= 0.6 is 0 Å². The van der Waals surface area contributed by atoms with E-state index in [0.717, 1.165) is 6.07 Å². The minimum Gasteiger partial charge on any atom is -0.493 e. The second-order valence-corrected chi connectivity index (χ2v) is 8.44. The normalized spacial score (nSPS) is 11.2.